The Morgan fingerprint density at radius 3 is 2.41 bits per heavy atom. The predicted octanol–water partition coefficient (Wildman–Crippen LogP) is 1.85. The standard InChI is InChI=1S/C13H23NO2S/c1-5-14(6-2)11-9-7-8-10-12(11)17(15,16)13(10,3)4/h7,9-12H,5-6,8H2,1-4H3/t10-,11+,12+/m0/s1. The summed E-state index contributed by atoms with van der Waals surface area (Å²) >= 11 is 0. The van der Waals surface area contributed by atoms with Crippen LogP contribution in [0.2, 0.25) is 0 Å². The molecule has 98 valence electrons. The molecule has 0 N–H and O–H groups in total. The zero-order chi connectivity index (χ0) is 12.8. The van der Waals surface area contributed by atoms with Crippen molar-refractivity contribution >= 4 is 9.84 Å². The van der Waals surface area contributed by atoms with E-state index in [0.29, 0.717) is 5.92 Å². The lowest BCUT2D eigenvalue weighted by atomic mass is 9.79. The van der Waals surface area contributed by atoms with E-state index in [2.05, 4.69) is 30.9 Å². The number of hydrogen-bond donors (Lipinski definition) is 0. The van der Waals surface area contributed by atoms with Crippen LogP contribution in [0.1, 0.15) is 34.1 Å². The first-order chi connectivity index (χ1) is 7.87. The second-order valence-electron chi connectivity index (χ2n) is 5.60. The molecule has 2 aliphatic rings. The minimum Gasteiger partial charge on any atom is -0.296 e. The van der Waals surface area contributed by atoms with E-state index in [9.17, 15) is 8.42 Å². The maximum absolute atomic E-state index is 12.4. The van der Waals surface area contributed by atoms with Gasteiger partial charge in [-0.1, -0.05) is 26.0 Å². The van der Waals surface area contributed by atoms with Crippen molar-refractivity contribution in [3.63, 3.8) is 0 Å². The largest absolute Gasteiger partial charge is 0.296 e. The molecule has 3 nitrogen and oxygen atoms in total. The SMILES string of the molecule is CCN(CC)[C@@H]1C=CC[C@H]2[C@H]1S(=O)(=O)C2(C)C. The second-order valence-corrected chi connectivity index (χ2v) is 8.28. The molecule has 0 amide bonds. The Morgan fingerprint density at radius 1 is 1.29 bits per heavy atom. The molecule has 0 aromatic heterocycles. The molecule has 17 heavy (non-hydrogen) atoms. The number of likely N-dealkylation sites (N-methyl/N-ethyl adjacent to an activating group) is 1. The van der Waals surface area contributed by atoms with Crippen LogP contribution >= 0.6 is 0 Å². The van der Waals surface area contributed by atoms with Crippen molar-refractivity contribution < 1.29 is 8.42 Å². The average molecular weight is 257 g/mol. The summed E-state index contributed by atoms with van der Waals surface area (Å²) in [6, 6.07) is 0.0850. The first-order valence-electron chi connectivity index (χ1n) is 6.52. The van der Waals surface area contributed by atoms with Gasteiger partial charge in [-0.15, -0.1) is 0 Å². The highest BCUT2D eigenvalue weighted by Crippen LogP contribution is 2.51. The summed E-state index contributed by atoms with van der Waals surface area (Å²) in [4.78, 5) is 2.25. The monoisotopic (exact) mass is 257 g/mol. The highest BCUT2D eigenvalue weighted by Gasteiger charge is 2.64. The van der Waals surface area contributed by atoms with Crippen molar-refractivity contribution in [2.75, 3.05) is 13.1 Å². The molecule has 2 rings (SSSR count). The van der Waals surface area contributed by atoms with Crippen LogP contribution < -0.4 is 0 Å². The smallest absolute Gasteiger partial charge is 0.160 e. The normalized spacial score (nSPS) is 37.6. The molecular weight excluding hydrogens is 234 g/mol. The summed E-state index contributed by atoms with van der Waals surface area (Å²) in [5.41, 5.74) is 0. The van der Waals surface area contributed by atoms with E-state index in [1.165, 1.54) is 0 Å². The fourth-order valence-corrected chi connectivity index (χ4v) is 6.04. The third kappa shape index (κ3) is 1.60. The minimum absolute atomic E-state index is 0.0850. The molecule has 4 heteroatoms. The van der Waals surface area contributed by atoms with Gasteiger partial charge in [-0.3, -0.25) is 4.90 Å². The van der Waals surface area contributed by atoms with E-state index in [1.54, 1.807) is 0 Å². The van der Waals surface area contributed by atoms with Crippen LogP contribution in [-0.2, 0) is 9.84 Å². The zero-order valence-electron chi connectivity index (χ0n) is 11.2. The van der Waals surface area contributed by atoms with Crippen LogP contribution in [0.5, 0.6) is 0 Å². The lowest BCUT2D eigenvalue weighted by molar-refractivity contribution is 0.176. The van der Waals surface area contributed by atoms with Crippen LogP contribution in [0, 0.1) is 5.92 Å². The molecule has 0 unspecified atom stereocenters. The highest BCUT2D eigenvalue weighted by molar-refractivity contribution is 7.95. The zero-order valence-corrected chi connectivity index (χ0v) is 12.0. The van der Waals surface area contributed by atoms with Crippen LogP contribution in [0.25, 0.3) is 0 Å². The van der Waals surface area contributed by atoms with E-state index >= 15 is 0 Å². The van der Waals surface area contributed by atoms with Gasteiger partial charge in [0.1, 0.15) is 0 Å². The van der Waals surface area contributed by atoms with Gasteiger partial charge in [0, 0.05) is 6.04 Å². The molecule has 0 aromatic rings. The number of allylic oxidation sites excluding steroid dienone is 1. The summed E-state index contributed by atoms with van der Waals surface area (Å²) in [7, 11) is -2.97. The quantitative estimate of drug-likeness (QED) is 0.724. The van der Waals surface area contributed by atoms with Crippen molar-refractivity contribution in [2.45, 2.75) is 50.2 Å². The van der Waals surface area contributed by atoms with Gasteiger partial charge in [0.15, 0.2) is 9.84 Å². The molecule has 1 fully saturated rings. The van der Waals surface area contributed by atoms with Gasteiger partial charge in [-0.25, -0.2) is 8.42 Å². The van der Waals surface area contributed by atoms with Gasteiger partial charge in [0.2, 0.25) is 0 Å². The summed E-state index contributed by atoms with van der Waals surface area (Å²) in [6.45, 7) is 9.76. The Hall–Kier alpha value is -0.350. The van der Waals surface area contributed by atoms with Gasteiger partial charge >= 0.3 is 0 Å². The van der Waals surface area contributed by atoms with E-state index in [1.807, 2.05) is 13.8 Å². The Bertz CT molecular complexity index is 421. The van der Waals surface area contributed by atoms with Crippen LogP contribution in [0.3, 0.4) is 0 Å². The maximum atomic E-state index is 12.4. The third-order valence-electron chi connectivity index (χ3n) is 4.68. The minimum atomic E-state index is -2.97. The molecule has 3 atom stereocenters. The van der Waals surface area contributed by atoms with Gasteiger partial charge in [-0.2, -0.15) is 0 Å². The number of nitrogens with zero attached hydrogens (tertiary/aromatic N) is 1. The Labute approximate surface area is 105 Å². The highest BCUT2D eigenvalue weighted by atomic mass is 32.2. The van der Waals surface area contributed by atoms with Crippen molar-refractivity contribution in [1.29, 1.82) is 0 Å². The van der Waals surface area contributed by atoms with E-state index < -0.39 is 14.6 Å². The molecular formula is C13H23NO2S. The molecule has 0 bridgehead atoms. The summed E-state index contributed by atoms with van der Waals surface area (Å²) in [5.74, 6) is 0.295. The number of fused-ring (bicyclic) bond motifs is 1. The first-order valence-corrected chi connectivity index (χ1v) is 8.06. The van der Waals surface area contributed by atoms with Gasteiger partial charge in [0.05, 0.1) is 10.00 Å². The number of hydrogen-bond acceptors (Lipinski definition) is 3. The summed E-state index contributed by atoms with van der Waals surface area (Å²) < 4.78 is 24.2. The molecule has 1 saturated heterocycles. The molecule has 0 radical (unpaired) electrons. The Morgan fingerprint density at radius 2 is 1.88 bits per heavy atom. The molecule has 0 spiro atoms. The summed E-state index contributed by atoms with van der Waals surface area (Å²) in [6.07, 6.45) is 5.18. The van der Waals surface area contributed by atoms with Crippen molar-refractivity contribution in [3.8, 4) is 0 Å². The maximum Gasteiger partial charge on any atom is 0.160 e. The van der Waals surface area contributed by atoms with Crippen LogP contribution in [-0.4, -0.2) is 42.4 Å². The van der Waals surface area contributed by atoms with E-state index in [0.717, 1.165) is 19.5 Å². The number of sulfone groups is 1. The lowest BCUT2D eigenvalue weighted by Crippen LogP contribution is -2.69. The van der Waals surface area contributed by atoms with Crippen molar-refractivity contribution in [2.24, 2.45) is 5.92 Å². The topological polar surface area (TPSA) is 37.4 Å². The number of rotatable bonds is 3. The summed E-state index contributed by atoms with van der Waals surface area (Å²) in [5, 5.41) is -0.178. The van der Waals surface area contributed by atoms with Crippen LogP contribution in [0.15, 0.2) is 12.2 Å². The Balaban J connectivity index is 2.34. The fraction of sp³-hybridized carbons (Fsp3) is 0.846. The van der Waals surface area contributed by atoms with Crippen LogP contribution in [0.4, 0.5) is 0 Å². The fourth-order valence-electron chi connectivity index (χ4n) is 3.39. The van der Waals surface area contributed by atoms with E-state index in [4.69, 9.17) is 0 Å². The first kappa shape index (κ1) is 13.1. The van der Waals surface area contributed by atoms with Gasteiger partial charge < -0.3 is 0 Å². The molecule has 0 aromatic carbocycles. The van der Waals surface area contributed by atoms with Gasteiger partial charge in [0.25, 0.3) is 0 Å². The molecule has 1 aliphatic carbocycles. The second kappa shape index (κ2) is 4.09. The van der Waals surface area contributed by atoms with Gasteiger partial charge in [-0.05, 0) is 39.3 Å². The lowest BCUT2D eigenvalue weighted by Gasteiger charge is -2.55. The molecule has 1 aliphatic heterocycles. The molecule has 0 saturated carbocycles. The third-order valence-corrected chi connectivity index (χ3v) is 7.77. The Kier molecular flexibility index (Phi) is 3.15. The van der Waals surface area contributed by atoms with Crippen molar-refractivity contribution in [3.05, 3.63) is 12.2 Å². The predicted molar refractivity (Wildman–Crippen MR) is 70.7 cm³/mol. The molecule has 1 heterocycles. The van der Waals surface area contributed by atoms with Crippen molar-refractivity contribution in [1.82, 2.24) is 4.90 Å². The van der Waals surface area contributed by atoms with E-state index in [-0.39, 0.29) is 11.3 Å². The average Bonchev–Trinajstić information content (AvgIpc) is 2.30.